The van der Waals surface area contributed by atoms with Crippen LogP contribution in [0, 0.1) is 19.7 Å². The van der Waals surface area contributed by atoms with E-state index < -0.39 is 0 Å². The van der Waals surface area contributed by atoms with Gasteiger partial charge in [-0.25, -0.2) is 4.39 Å². The summed E-state index contributed by atoms with van der Waals surface area (Å²) in [7, 11) is 1.69. The molecule has 4 heteroatoms. The number of hydrogen-bond donors (Lipinski definition) is 1. The summed E-state index contributed by atoms with van der Waals surface area (Å²) >= 11 is 3.24. The molecule has 0 atom stereocenters. The molecule has 0 saturated carbocycles. The first kappa shape index (κ1) is 12.3. The summed E-state index contributed by atoms with van der Waals surface area (Å²) in [5, 5.41) is 2.76. The van der Waals surface area contributed by atoms with Gasteiger partial charge in [-0.1, -0.05) is 15.9 Å². The van der Waals surface area contributed by atoms with Crippen LogP contribution in [0.2, 0.25) is 0 Å². The summed E-state index contributed by atoms with van der Waals surface area (Å²) in [6.07, 6.45) is 0. The highest BCUT2D eigenvalue weighted by Gasteiger charge is 2.15. The molecule has 0 amide bonds. The molecule has 0 spiro atoms. The summed E-state index contributed by atoms with van der Waals surface area (Å²) < 4.78 is 14.3. The minimum Gasteiger partial charge on any atom is -0.313 e. The van der Waals surface area contributed by atoms with Crippen molar-refractivity contribution >= 4 is 21.7 Å². The highest BCUT2D eigenvalue weighted by molar-refractivity contribution is 9.10. The van der Waals surface area contributed by atoms with Crippen LogP contribution in [-0.2, 0) is 0 Å². The van der Waals surface area contributed by atoms with Gasteiger partial charge < -0.3 is 5.32 Å². The molecule has 0 unspecified atom stereocenters. The molecule has 0 fully saturated rings. The van der Waals surface area contributed by atoms with E-state index in [4.69, 9.17) is 0 Å². The number of nitrogens with one attached hydrogen (secondary N) is 1. The van der Waals surface area contributed by atoms with Crippen molar-refractivity contribution in [3.63, 3.8) is 0 Å². The molecule has 82 valence electrons. The normalized spacial score (nSPS) is 10.5. The second-order valence-electron chi connectivity index (χ2n) is 3.42. The molecule has 0 aliphatic heterocycles. The van der Waals surface area contributed by atoms with Gasteiger partial charge in [0, 0.05) is 10.0 Å². The zero-order valence-electron chi connectivity index (χ0n) is 8.95. The van der Waals surface area contributed by atoms with Crippen molar-refractivity contribution < 1.29 is 9.18 Å². The molecular formula is C11H13BrFNO. The van der Waals surface area contributed by atoms with Crippen molar-refractivity contribution in [2.24, 2.45) is 0 Å². The molecule has 0 aromatic heterocycles. The standard InChI is InChI=1S/C11H13BrFNO/c1-6-8(10(15)5-14-3)4-9(12)7(2)11(6)13/h4,14H,5H2,1-3H3. The van der Waals surface area contributed by atoms with Crippen LogP contribution < -0.4 is 5.32 Å². The number of hydrogen-bond acceptors (Lipinski definition) is 2. The average Bonchev–Trinajstić information content (AvgIpc) is 2.20. The smallest absolute Gasteiger partial charge is 0.176 e. The zero-order chi connectivity index (χ0) is 11.6. The summed E-state index contributed by atoms with van der Waals surface area (Å²) in [6, 6.07) is 1.67. The van der Waals surface area contributed by atoms with Gasteiger partial charge in [-0.15, -0.1) is 0 Å². The van der Waals surface area contributed by atoms with Gasteiger partial charge in [0.1, 0.15) is 5.82 Å². The quantitative estimate of drug-likeness (QED) is 0.858. The van der Waals surface area contributed by atoms with E-state index in [-0.39, 0.29) is 18.1 Å². The van der Waals surface area contributed by atoms with Crippen LogP contribution in [0.1, 0.15) is 21.5 Å². The number of rotatable bonds is 3. The zero-order valence-corrected chi connectivity index (χ0v) is 10.5. The molecule has 0 bridgehead atoms. The topological polar surface area (TPSA) is 29.1 Å². The van der Waals surface area contributed by atoms with Crippen LogP contribution in [0.3, 0.4) is 0 Å². The molecule has 0 heterocycles. The lowest BCUT2D eigenvalue weighted by atomic mass is 10.0. The maximum atomic E-state index is 13.7. The summed E-state index contributed by atoms with van der Waals surface area (Å²) in [6.45, 7) is 3.52. The number of likely N-dealkylation sites (N-methyl/N-ethyl adjacent to an activating group) is 1. The largest absolute Gasteiger partial charge is 0.313 e. The van der Waals surface area contributed by atoms with Crippen molar-refractivity contribution in [3.8, 4) is 0 Å². The number of benzene rings is 1. The van der Waals surface area contributed by atoms with Crippen molar-refractivity contribution in [1.29, 1.82) is 0 Å². The Kier molecular flexibility index (Phi) is 3.99. The molecule has 2 nitrogen and oxygen atoms in total. The van der Waals surface area contributed by atoms with E-state index in [0.717, 1.165) is 0 Å². The van der Waals surface area contributed by atoms with E-state index in [9.17, 15) is 9.18 Å². The maximum absolute atomic E-state index is 13.7. The Hall–Kier alpha value is -0.740. The first-order valence-electron chi connectivity index (χ1n) is 4.62. The van der Waals surface area contributed by atoms with E-state index in [1.54, 1.807) is 27.0 Å². The van der Waals surface area contributed by atoms with Crippen LogP contribution in [-0.4, -0.2) is 19.4 Å². The fourth-order valence-corrected chi connectivity index (χ4v) is 1.80. The van der Waals surface area contributed by atoms with Gasteiger partial charge in [-0.2, -0.15) is 0 Å². The van der Waals surface area contributed by atoms with Gasteiger partial charge in [-0.05, 0) is 38.1 Å². The fraction of sp³-hybridized carbons (Fsp3) is 0.364. The first-order chi connectivity index (χ1) is 6.99. The number of Topliss-reactive ketones (excluding diaryl/α,β-unsaturated/α-hetero) is 1. The van der Waals surface area contributed by atoms with Crippen LogP contribution in [0.4, 0.5) is 4.39 Å². The van der Waals surface area contributed by atoms with E-state index >= 15 is 0 Å². The third-order valence-electron chi connectivity index (χ3n) is 2.33. The second-order valence-corrected chi connectivity index (χ2v) is 4.28. The lowest BCUT2D eigenvalue weighted by molar-refractivity contribution is 0.0992. The Morgan fingerprint density at radius 3 is 2.60 bits per heavy atom. The highest BCUT2D eigenvalue weighted by Crippen LogP contribution is 2.25. The summed E-state index contributed by atoms with van der Waals surface area (Å²) in [5.74, 6) is -0.418. The molecule has 0 radical (unpaired) electrons. The number of carbonyl (C=O) groups excluding carboxylic acids is 1. The SMILES string of the molecule is CNCC(=O)c1cc(Br)c(C)c(F)c1C. The van der Waals surface area contributed by atoms with Crippen LogP contribution >= 0.6 is 15.9 Å². The number of ketones is 1. The van der Waals surface area contributed by atoms with Crippen molar-refractivity contribution in [1.82, 2.24) is 5.32 Å². The minimum atomic E-state index is -0.316. The monoisotopic (exact) mass is 273 g/mol. The molecule has 0 aliphatic carbocycles. The van der Waals surface area contributed by atoms with Crippen LogP contribution in [0.5, 0.6) is 0 Å². The van der Waals surface area contributed by atoms with E-state index in [0.29, 0.717) is 21.2 Å². The van der Waals surface area contributed by atoms with Crippen LogP contribution in [0.15, 0.2) is 10.5 Å². The van der Waals surface area contributed by atoms with Gasteiger partial charge in [-0.3, -0.25) is 4.79 Å². The average molecular weight is 274 g/mol. The molecule has 1 N–H and O–H groups in total. The molecular weight excluding hydrogens is 261 g/mol. The predicted octanol–water partition coefficient (Wildman–Crippen LogP) is 2.61. The fourth-order valence-electron chi connectivity index (χ4n) is 1.39. The third kappa shape index (κ3) is 2.44. The number of carbonyl (C=O) groups is 1. The van der Waals surface area contributed by atoms with Gasteiger partial charge >= 0.3 is 0 Å². The Balaban J connectivity index is 3.26. The Labute approximate surface area is 97.0 Å². The summed E-state index contributed by atoms with van der Waals surface area (Å²) in [5.41, 5.74) is 1.38. The molecule has 0 saturated heterocycles. The molecule has 1 aromatic rings. The Bertz CT molecular complexity index is 404. The highest BCUT2D eigenvalue weighted by atomic mass is 79.9. The molecule has 1 rings (SSSR count). The minimum absolute atomic E-state index is 0.102. The molecule has 15 heavy (non-hydrogen) atoms. The van der Waals surface area contributed by atoms with Crippen molar-refractivity contribution in [2.45, 2.75) is 13.8 Å². The van der Waals surface area contributed by atoms with E-state index in [1.807, 2.05) is 0 Å². The van der Waals surface area contributed by atoms with E-state index in [2.05, 4.69) is 21.2 Å². The van der Waals surface area contributed by atoms with E-state index in [1.165, 1.54) is 0 Å². The van der Waals surface area contributed by atoms with Gasteiger partial charge in [0.2, 0.25) is 0 Å². The Morgan fingerprint density at radius 2 is 2.07 bits per heavy atom. The van der Waals surface area contributed by atoms with Crippen molar-refractivity contribution in [2.75, 3.05) is 13.6 Å². The molecule has 0 aliphatic rings. The van der Waals surface area contributed by atoms with Gasteiger partial charge in [0.25, 0.3) is 0 Å². The number of halogens is 2. The predicted molar refractivity (Wildman–Crippen MR) is 61.8 cm³/mol. The maximum Gasteiger partial charge on any atom is 0.176 e. The van der Waals surface area contributed by atoms with Gasteiger partial charge in [0.05, 0.1) is 6.54 Å². The first-order valence-corrected chi connectivity index (χ1v) is 5.41. The third-order valence-corrected chi connectivity index (χ3v) is 3.15. The summed E-state index contributed by atoms with van der Waals surface area (Å²) in [4.78, 5) is 11.6. The molecule has 1 aromatic carbocycles. The second kappa shape index (κ2) is 4.86. The Morgan fingerprint density at radius 1 is 1.47 bits per heavy atom. The lowest BCUT2D eigenvalue weighted by Crippen LogP contribution is -2.20. The lowest BCUT2D eigenvalue weighted by Gasteiger charge is -2.09. The van der Waals surface area contributed by atoms with Gasteiger partial charge in [0.15, 0.2) is 5.78 Å². The van der Waals surface area contributed by atoms with Crippen LogP contribution in [0.25, 0.3) is 0 Å². The van der Waals surface area contributed by atoms with Crippen molar-refractivity contribution in [3.05, 3.63) is 33.0 Å².